The van der Waals surface area contributed by atoms with Crippen LogP contribution in [0.1, 0.15) is 12.8 Å². The molecule has 2 heterocycles. The Morgan fingerprint density at radius 1 is 1.12 bits per heavy atom. The first kappa shape index (κ1) is 16.5. The number of amides is 1. The van der Waals surface area contributed by atoms with Gasteiger partial charge < -0.3 is 9.80 Å². The van der Waals surface area contributed by atoms with Crippen LogP contribution in [0.5, 0.6) is 0 Å². The highest BCUT2D eigenvalue weighted by molar-refractivity contribution is 5.87. The minimum Gasteiger partial charge on any atom is -0.347 e. The summed E-state index contributed by atoms with van der Waals surface area (Å²) in [7, 11) is 3.59. The molecular formula is C21H22N4O. The molecule has 0 radical (unpaired) electrons. The van der Waals surface area contributed by atoms with E-state index in [1.54, 1.807) is 25.2 Å². The van der Waals surface area contributed by atoms with Crippen LogP contribution in [0, 0.1) is 0 Å². The maximum absolute atomic E-state index is 12.5. The molecule has 1 amide bonds. The number of hydrogen-bond acceptors (Lipinski definition) is 4. The smallest absolute Gasteiger partial charge is 0.244 e. The molecule has 1 aliphatic rings. The van der Waals surface area contributed by atoms with E-state index in [0.29, 0.717) is 5.95 Å². The first-order chi connectivity index (χ1) is 12.6. The molecular weight excluding hydrogens is 324 g/mol. The SMILES string of the molecule is CN(C)C(=O)C1CCCN1c1nccc(-c2ccc3ccccc3c2)n1. The van der Waals surface area contributed by atoms with Crippen LogP contribution in [0.3, 0.4) is 0 Å². The second-order valence-corrected chi connectivity index (χ2v) is 6.89. The Kier molecular flexibility index (Phi) is 4.29. The maximum Gasteiger partial charge on any atom is 0.244 e. The van der Waals surface area contributed by atoms with Crippen molar-refractivity contribution in [2.24, 2.45) is 0 Å². The van der Waals surface area contributed by atoms with Crippen molar-refractivity contribution < 1.29 is 4.79 Å². The van der Waals surface area contributed by atoms with E-state index in [-0.39, 0.29) is 11.9 Å². The van der Waals surface area contributed by atoms with Crippen molar-refractivity contribution >= 4 is 22.6 Å². The molecule has 1 fully saturated rings. The number of hydrogen-bond donors (Lipinski definition) is 0. The molecule has 1 aromatic heterocycles. The third kappa shape index (κ3) is 3.01. The average molecular weight is 346 g/mol. The highest BCUT2D eigenvalue weighted by atomic mass is 16.2. The van der Waals surface area contributed by atoms with Crippen molar-refractivity contribution in [3.63, 3.8) is 0 Å². The topological polar surface area (TPSA) is 49.3 Å². The fraction of sp³-hybridized carbons (Fsp3) is 0.286. The number of fused-ring (bicyclic) bond motifs is 1. The molecule has 0 bridgehead atoms. The molecule has 5 nitrogen and oxygen atoms in total. The quantitative estimate of drug-likeness (QED) is 0.730. The first-order valence-corrected chi connectivity index (χ1v) is 8.93. The van der Waals surface area contributed by atoms with Crippen LogP contribution in [0.2, 0.25) is 0 Å². The Morgan fingerprint density at radius 3 is 2.73 bits per heavy atom. The van der Waals surface area contributed by atoms with Gasteiger partial charge in [0.1, 0.15) is 6.04 Å². The zero-order chi connectivity index (χ0) is 18.1. The predicted molar refractivity (Wildman–Crippen MR) is 104 cm³/mol. The molecule has 0 N–H and O–H groups in total. The van der Waals surface area contributed by atoms with Crippen molar-refractivity contribution in [3.8, 4) is 11.3 Å². The van der Waals surface area contributed by atoms with E-state index in [2.05, 4.69) is 35.3 Å². The maximum atomic E-state index is 12.5. The fourth-order valence-corrected chi connectivity index (χ4v) is 3.56. The molecule has 1 aliphatic heterocycles. The molecule has 2 aromatic carbocycles. The Morgan fingerprint density at radius 2 is 1.92 bits per heavy atom. The van der Waals surface area contributed by atoms with E-state index < -0.39 is 0 Å². The van der Waals surface area contributed by atoms with Gasteiger partial charge in [0, 0.05) is 32.4 Å². The zero-order valence-electron chi connectivity index (χ0n) is 15.1. The van der Waals surface area contributed by atoms with Gasteiger partial charge in [-0.25, -0.2) is 9.97 Å². The summed E-state index contributed by atoms with van der Waals surface area (Å²) in [6.45, 7) is 0.811. The number of benzene rings is 2. The molecule has 0 saturated carbocycles. The van der Waals surface area contributed by atoms with Gasteiger partial charge in [0.15, 0.2) is 0 Å². The molecule has 26 heavy (non-hydrogen) atoms. The van der Waals surface area contributed by atoms with Gasteiger partial charge in [-0.1, -0.05) is 36.4 Å². The van der Waals surface area contributed by atoms with Crippen molar-refractivity contribution in [2.45, 2.75) is 18.9 Å². The molecule has 5 heteroatoms. The molecule has 1 saturated heterocycles. The Hall–Kier alpha value is -2.95. The molecule has 0 aliphatic carbocycles. The van der Waals surface area contributed by atoms with Crippen LogP contribution < -0.4 is 4.90 Å². The fourth-order valence-electron chi connectivity index (χ4n) is 3.56. The van der Waals surface area contributed by atoms with Gasteiger partial charge in [0.05, 0.1) is 5.69 Å². The van der Waals surface area contributed by atoms with Crippen molar-refractivity contribution in [1.82, 2.24) is 14.9 Å². The predicted octanol–water partition coefficient (Wildman–Crippen LogP) is 3.35. The summed E-state index contributed by atoms with van der Waals surface area (Å²) in [5.74, 6) is 0.746. The van der Waals surface area contributed by atoms with E-state index in [9.17, 15) is 4.79 Å². The standard InChI is InChI=1S/C21H22N4O/c1-24(2)20(26)19-8-5-13-25(19)21-22-12-11-18(23-21)17-10-9-15-6-3-4-7-16(15)14-17/h3-4,6-7,9-12,14,19H,5,8,13H2,1-2H3. The van der Waals surface area contributed by atoms with Crippen molar-refractivity contribution in [2.75, 3.05) is 25.5 Å². The molecule has 3 aromatic rings. The Labute approximate surface area is 153 Å². The van der Waals surface area contributed by atoms with Gasteiger partial charge >= 0.3 is 0 Å². The van der Waals surface area contributed by atoms with Crippen LogP contribution >= 0.6 is 0 Å². The minimum atomic E-state index is -0.170. The van der Waals surface area contributed by atoms with Crippen molar-refractivity contribution in [1.29, 1.82) is 0 Å². The Balaban J connectivity index is 1.68. The number of anilines is 1. The van der Waals surface area contributed by atoms with Crippen LogP contribution in [-0.2, 0) is 4.79 Å². The first-order valence-electron chi connectivity index (χ1n) is 8.93. The van der Waals surface area contributed by atoms with E-state index in [1.165, 1.54) is 10.8 Å². The van der Waals surface area contributed by atoms with E-state index in [1.807, 2.05) is 23.1 Å². The number of carbonyl (C=O) groups excluding carboxylic acids is 1. The van der Waals surface area contributed by atoms with Gasteiger partial charge in [0.2, 0.25) is 11.9 Å². The van der Waals surface area contributed by atoms with Crippen molar-refractivity contribution in [3.05, 3.63) is 54.7 Å². The summed E-state index contributed by atoms with van der Waals surface area (Å²) in [5.41, 5.74) is 1.94. The Bertz CT molecular complexity index is 953. The van der Waals surface area contributed by atoms with E-state index in [0.717, 1.165) is 30.6 Å². The van der Waals surface area contributed by atoms with Crippen LogP contribution in [-0.4, -0.2) is 47.5 Å². The zero-order valence-corrected chi connectivity index (χ0v) is 15.1. The van der Waals surface area contributed by atoms with E-state index >= 15 is 0 Å². The number of rotatable bonds is 3. The van der Waals surface area contributed by atoms with Crippen LogP contribution in [0.4, 0.5) is 5.95 Å². The van der Waals surface area contributed by atoms with E-state index in [4.69, 9.17) is 4.98 Å². The lowest BCUT2D eigenvalue weighted by Crippen LogP contribution is -2.43. The van der Waals surface area contributed by atoms with Gasteiger partial charge in [-0.2, -0.15) is 0 Å². The number of carbonyl (C=O) groups is 1. The number of aromatic nitrogens is 2. The third-order valence-corrected chi connectivity index (χ3v) is 4.92. The molecule has 1 unspecified atom stereocenters. The highest BCUT2D eigenvalue weighted by Crippen LogP contribution is 2.27. The third-order valence-electron chi connectivity index (χ3n) is 4.92. The molecule has 4 rings (SSSR count). The van der Waals surface area contributed by atoms with Crippen LogP contribution in [0.25, 0.3) is 22.0 Å². The lowest BCUT2D eigenvalue weighted by Gasteiger charge is -2.26. The summed E-state index contributed by atoms with van der Waals surface area (Å²) in [6, 6.07) is 16.4. The van der Waals surface area contributed by atoms with Gasteiger partial charge in [-0.05, 0) is 35.7 Å². The van der Waals surface area contributed by atoms with Gasteiger partial charge in [0.25, 0.3) is 0 Å². The second-order valence-electron chi connectivity index (χ2n) is 6.89. The van der Waals surface area contributed by atoms with Gasteiger partial charge in [-0.15, -0.1) is 0 Å². The second kappa shape index (κ2) is 6.75. The lowest BCUT2D eigenvalue weighted by molar-refractivity contribution is -0.129. The normalized spacial score (nSPS) is 16.8. The van der Waals surface area contributed by atoms with Crippen LogP contribution in [0.15, 0.2) is 54.7 Å². The summed E-state index contributed by atoms with van der Waals surface area (Å²) in [5, 5.41) is 2.40. The van der Waals surface area contributed by atoms with Gasteiger partial charge in [-0.3, -0.25) is 4.79 Å². The molecule has 132 valence electrons. The largest absolute Gasteiger partial charge is 0.347 e. The summed E-state index contributed by atoms with van der Waals surface area (Å²) in [4.78, 5) is 25.4. The lowest BCUT2D eigenvalue weighted by atomic mass is 10.1. The number of nitrogens with zero attached hydrogens (tertiary/aromatic N) is 4. The monoisotopic (exact) mass is 346 g/mol. The molecule has 0 spiro atoms. The summed E-state index contributed by atoms with van der Waals surface area (Å²) < 4.78 is 0. The average Bonchev–Trinajstić information content (AvgIpc) is 3.16. The summed E-state index contributed by atoms with van der Waals surface area (Å²) >= 11 is 0. The minimum absolute atomic E-state index is 0.113. The molecule has 1 atom stereocenters. The number of likely N-dealkylation sites (N-methyl/N-ethyl adjacent to an activating group) is 1. The highest BCUT2D eigenvalue weighted by Gasteiger charge is 2.33. The summed E-state index contributed by atoms with van der Waals surface area (Å²) in [6.07, 6.45) is 3.61.